The molecule has 0 atom stereocenters. The number of esters is 1. The SMILES string of the molecule is COC(=O)C=Cc1ccc(C(=O)O)c(F)c1. The number of hydrogen-bond donors (Lipinski definition) is 1. The fourth-order valence-electron chi connectivity index (χ4n) is 1.04. The van der Waals surface area contributed by atoms with Gasteiger partial charge in [0.2, 0.25) is 0 Å². The van der Waals surface area contributed by atoms with Crippen molar-refractivity contribution in [3.63, 3.8) is 0 Å². The first-order chi connectivity index (χ1) is 7.54. The topological polar surface area (TPSA) is 63.6 Å². The number of carbonyl (C=O) groups is 2. The Hall–Kier alpha value is -2.17. The molecule has 84 valence electrons. The van der Waals surface area contributed by atoms with E-state index in [9.17, 15) is 14.0 Å². The van der Waals surface area contributed by atoms with Gasteiger partial charge in [0.05, 0.1) is 12.7 Å². The summed E-state index contributed by atoms with van der Waals surface area (Å²) in [5.74, 6) is -2.75. The lowest BCUT2D eigenvalue weighted by Crippen LogP contribution is -2.00. The Morgan fingerprint density at radius 3 is 2.62 bits per heavy atom. The van der Waals surface area contributed by atoms with Crippen LogP contribution in [0.3, 0.4) is 0 Å². The summed E-state index contributed by atoms with van der Waals surface area (Å²) in [6, 6.07) is 3.56. The highest BCUT2D eigenvalue weighted by Crippen LogP contribution is 2.11. The van der Waals surface area contributed by atoms with Gasteiger partial charge in [0.15, 0.2) is 0 Å². The van der Waals surface area contributed by atoms with Crippen LogP contribution in [-0.2, 0) is 9.53 Å². The number of ether oxygens (including phenoxy) is 1. The Kier molecular flexibility index (Phi) is 3.77. The third kappa shape index (κ3) is 2.91. The van der Waals surface area contributed by atoms with E-state index < -0.39 is 23.3 Å². The monoisotopic (exact) mass is 224 g/mol. The molecule has 1 aromatic carbocycles. The average Bonchev–Trinajstić information content (AvgIpc) is 2.25. The van der Waals surface area contributed by atoms with E-state index >= 15 is 0 Å². The number of halogens is 1. The van der Waals surface area contributed by atoms with Gasteiger partial charge in [0.1, 0.15) is 5.82 Å². The molecule has 0 aliphatic carbocycles. The van der Waals surface area contributed by atoms with Crippen LogP contribution in [0.1, 0.15) is 15.9 Å². The number of rotatable bonds is 3. The number of benzene rings is 1. The van der Waals surface area contributed by atoms with Crippen molar-refractivity contribution in [1.29, 1.82) is 0 Å². The van der Waals surface area contributed by atoms with Crippen LogP contribution in [0, 0.1) is 5.82 Å². The zero-order valence-electron chi connectivity index (χ0n) is 8.44. The van der Waals surface area contributed by atoms with Crippen molar-refractivity contribution in [2.45, 2.75) is 0 Å². The molecule has 0 saturated heterocycles. The number of methoxy groups -OCH3 is 1. The Morgan fingerprint density at radius 2 is 2.12 bits per heavy atom. The molecular formula is C11H9FO4. The highest BCUT2D eigenvalue weighted by molar-refractivity contribution is 5.89. The second-order valence-electron chi connectivity index (χ2n) is 2.90. The molecule has 0 bridgehead atoms. The fourth-order valence-corrected chi connectivity index (χ4v) is 1.04. The minimum atomic E-state index is -1.33. The summed E-state index contributed by atoms with van der Waals surface area (Å²) >= 11 is 0. The molecule has 5 heteroatoms. The number of carbonyl (C=O) groups excluding carboxylic acids is 1. The number of carboxylic acids is 1. The van der Waals surface area contributed by atoms with E-state index in [1.807, 2.05) is 0 Å². The van der Waals surface area contributed by atoms with Gasteiger partial charge in [-0.15, -0.1) is 0 Å². The lowest BCUT2D eigenvalue weighted by molar-refractivity contribution is -0.134. The summed E-state index contributed by atoms with van der Waals surface area (Å²) in [7, 11) is 1.22. The molecule has 0 aliphatic heterocycles. The Balaban J connectivity index is 2.94. The van der Waals surface area contributed by atoms with E-state index in [1.165, 1.54) is 19.3 Å². The normalized spacial score (nSPS) is 10.4. The smallest absolute Gasteiger partial charge is 0.338 e. The lowest BCUT2D eigenvalue weighted by Gasteiger charge is -1.98. The molecule has 0 heterocycles. The number of aromatic carboxylic acids is 1. The third-order valence-corrected chi connectivity index (χ3v) is 1.84. The first kappa shape index (κ1) is 11.9. The van der Waals surface area contributed by atoms with Crippen molar-refractivity contribution in [1.82, 2.24) is 0 Å². The standard InChI is InChI=1S/C11H9FO4/c1-16-10(13)5-3-7-2-4-8(11(14)15)9(12)6-7/h2-6H,1H3,(H,14,15). The summed E-state index contributed by atoms with van der Waals surface area (Å²) < 4.78 is 17.5. The molecule has 16 heavy (non-hydrogen) atoms. The third-order valence-electron chi connectivity index (χ3n) is 1.84. The first-order valence-electron chi connectivity index (χ1n) is 4.33. The van der Waals surface area contributed by atoms with E-state index in [2.05, 4.69) is 4.74 Å². The van der Waals surface area contributed by atoms with Gasteiger partial charge in [-0.1, -0.05) is 6.07 Å². The van der Waals surface area contributed by atoms with Crippen LogP contribution in [0.5, 0.6) is 0 Å². The minimum absolute atomic E-state index is 0.382. The average molecular weight is 224 g/mol. The van der Waals surface area contributed by atoms with Gasteiger partial charge in [-0.3, -0.25) is 0 Å². The van der Waals surface area contributed by atoms with Crippen molar-refractivity contribution in [2.24, 2.45) is 0 Å². The quantitative estimate of drug-likeness (QED) is 0.627. The van der Waals surface area contributed by atoms with Gasteiger partial charge in [-0.2, -0.15) is 0 Å². The van der Waals surface area contributed by atoms with E-state index in [-0.39, 0.29) is 0 Å². The van der Waals surface area contributed by atoms with Gasteiger partial charge in [-0.05, 0) is 23.8 Å². The summed E-state index contributed by atoms with van der Waals surface area (Å²) in [5.41, 5.74) is -0.0249. The summed E-state index contributed by atoms with van der Waals surface area (Å²) in [6.07, 6.45) is 2.45. The minimum Gasteiger partial charge on any atom is -0.478 e. The maximum atomic E-state index is 13.2. The van der Waals surface area contributed by atoms with Crippen molar-refractivity contribution >= 4 is 18.0 Å². The molecule has 0 aromatic heterocycles. The van der Waals surface area contributed by atoms with Crippen molar-refractivity contribution in [2.75, 3.05) is 7.11 Å². The summed E-state index contributed by atoms with van der Waals surface area (Å²) in [4.78, 5) is 21.3. The molecule has 0 aliphatic rings. The van der Waals surface area contributed by atoms with E-state index in [0.717, 1.165) is 18.2 Å². The largest absolute Gasteiger partial charge is 0.478 e. The fraction of sp³-hybridized carbons (Fsp3) is 0.0909. The highest BCUT2D eigenvalue weighted by Gasteiger charge is 2.09. The van der Waals surface area contributed by atoms with Gasteiger partial charge >= 0.3 is 11.9 Å². The molecule has 4 nitrogen and oxygen atoms in total. The highest BCUT2D eigenvalue weighted by atomic mass is 19.1. The molecule has 0 fully saturated rings. The van der Waals surface area contributed by atoms with E-state index in [0.29, 0.717) is 5.56 Å². The van der Waals surface area contributed by atoms with Crippen LogP contribution >= 0.6 is 0 Å². The molecule has 0 spiro atoms. The number of carboxylic acid groups (broad SMARTS) is 1. The zero-order chi connectivity index (χ0) is 12.1. The molecular weight excluding hydrogens is 215 g/mol. The molecule has 0 saturated carbocycles. The predicted octanol–water partition coefficient (Wildman–Crippen LogP) is 1.71. The van der Waals surface area contributed by atoms with Crippen LogP contribution < -0.4 is 0 Å². The summed E-state index contributed by atoms with van der Waals surface area (Å²) in [5, 5.41) is 8.58. The maximum absolute atomic E-state index is 13.2. The van der Waals surface area contributed by atoms with E-state index in [4.69, 9.17) is 5.11 Å². The first-order valence-corrected chi connectivity index (χ1v) is 4.33. The summed E-state index contributed by atoms with van der Waals surface area (Å²) in [6.45, 7) is 0. The Morgan fingerprint density at radius 1 is 1.44 bits per heavy atom. The molecule has 0 unspecified atom stereocenters. The Bertz CT molecular complexity index is 451. The predicted molar refractivity (Wildman–Crippen MR) is 54.4 cm³/mol. The van der Waals surface area contributed by atoms with Crippen molar-refractivity contribution < 1.29 is 23.8 Å². The molecule has 0 radical (unpaired) electrons. The van der Waals surface area contributed by atoms with Gasteiger partial charge < -0.3 is 9.84 Å². The van der Waals surface area contributed by atoms with Crippen LogP contribution in [0.4, 0.5) is 4.39 Å². The maximum Gasteiger partial charge on any atom is 0.338 e. The van der Waals surface area contributed by atoms with Gasteiger partial charge in [0, 0.05) is 6.08 Å². The van der Waals surface area contributed by atoms with Crippen LogP contribution in [-0.4, -0.2) is 24.2 Å². The second-order valence-corrected chi connectivity index (χ2v) is 2.90. The van der Waals surface area contributed by atoms with Crippen LogP contribution in [0.15, 0.2) is 24.3 Å². The molecule has 0 amide bonds. The van der Waals surface area contributed by atoms with Crippen LogP contribution in [0.25, 0.3) is 6.08 Å². The van der Waals surface area contributed by atoms with Crippen molar-refractivity contribution in [3.8, 4) is 0 Å². The number of hydrogen-bond acceptors (Lipinski definition) is 3. The van der Waals surface area contributed by atoms with Gasteiger partial charge in [-0.25, -0.2) is 14.0 Å². The van der Waals surface area contributed by atoms with Crippen molar-refractivity contribution in [3.05, 3.63) is 41.2 Å². The molecule has 1 N–H and O–H groups in total. The zero-order valence-corrected chi connectivity index (χ0v) is 8.44. The van der Waals surface area contributed by atoms with Gasteiger partial charge in [0.25, 0.3) is 0 Å². The van der Waals surface area contributed by atoms with Crippen LogP contribution in [0.2, 0.25) is 0 Å². The van der Waals surface area contributed by atoms with E-state index in [1.54, 1.807) is 0 Å². The second kappa shape index (κ2) is 5.06. The Labute approximate surface area is 91.0 Å². The molecule has 1 rings (SSSR count). The molecule has 1 aromatic rings. The lowest BCUT2D eigenvalue weighted by atomic mass is 10.1.